The number of rotatable bonds is 2. The average Bonchev–Trinajstić information content (AvgIpc) is 1.99. The molecule has 0 rings (SSSR count). The highest BCUT2D eigenvalue weighted by atomic mass is 16.2. The third-order valence-corrected chi connectivity index (χ3v) is 1.03. The van der Waals surface area contributed by atoms with Crippen molar-refractivity contribution in [3.05, 3.63) is 0 Å². The number of hydrogen-bond acceptors (Lipinski definition) is 2. The molecular weight excluding hydrogens is 144 g/mol. The lowest BCUT2D eigenvalue weighted by molar-refractivity contribution is -0.129. The van der Waals surface area contributed by atoms with E-state index in [1.54, 1.807) is 14.1 Å². The molecule has 0 spiro atoms. The van der Waals surface area contributed by atoms with Crippen LogP contribution in [0.3, 0.4) is 0 Å². The molecule has 60 valence electrons. The molecule has 0 aliphatic heterocycles. The number of hydrogen-bond donors (Lipinski definition) is 1. The average molecular weight is 154 g/mol. The number of terminal acetylenes is 1. The summed E-state index contributed by atoms with van der Waals surface area (Å²) in [6.45, 7) is -0.0456. The van der Waals surface area contributed by atoms with Crippen LogP contribution in [-0.4, -0.2) is 37.4 Å². The summed E-state index contributed by atoms with van der Waals surface area (Å²) in [6, 6.07) is 0. The Balaban J connectivity index is 3.65. The van der Waals surface area contributed by atoms with Gasteiger partial charge in [-0.2, -0.15) is 0 Å². The van der Waals surface area contributed by atoms with Gasteiger partial charge in [0.05, 0.1) is 6.54 Å². The molecule has 0 saturated heterocycles. The zero-order chi connectivity index (χ0) is 8.85. The molecule has 0 aliphatic carbocycles. The first-order chi connectivity index (χ1) is 5.07. The molecule has 0 bridgehead atoms. The van der Waals surface area contributed by atoms with Gasteiger partial charge in [-0.3, -0.25) is 9.59 Å². The smallest absolute Gasteiger partial charge is 0.296 e. The Morgan fingerprint density at radius 2 is 2.09 bits per heavy atom. The van der Waals surface area contributed by atoms with E-state index in [-0.39, 0.29) is 12.5 Å². The molecule has 0 heterocycles. The van der Waals surface area contributed by atoms with E-state index in [1.165, 1.54) is 4.90 Å². The van der Waals surface area contributed by atoms with Crippen molar-refractivity contribution in [2.24, 2.45) is 0 Å². The molecule has 2 amide bonds. The summed E-state index contributed by atoms with van der Waals surface area (Å²) >= 11 is 0. The molecule has 4 nitrogen and oxygen atoms in total. The fourth-order valence-corrected chi connectivity index (χ4v) is 0.365. The highest BCUT2D eigenvalue weighted by Gasteiger charge is 2.03. The molecule has 0 aromatic carbocycles. The minimum absolute atomic E-state index is 0.0456. The Kier molecular flexibility index (Phi) is 3.75. The van der Waals surface area contributed by atoms with Crippen LogP contribution in [0.2, 0.25) is 0 Å². The second-order valence-electron chi connectivity index (χ2n) is 2.12. The van der Waals surface area contributed by atoms with Crippen LogP contribution < -0.4 is 5.32 Å². The number of nitrogens with zero attached hydrogens (tertiary/aromatic N) is 1. The molecule has 0 aromatic heterocycles. The van der Waals surface area contributed by atoms with Gasteiger partial charge in [0.2, 0.25) is 5.91 Å². The van der Waals surface area contributed by atoms with Crippen LogP contribution in [0.4, 0.5) is 0 Å². The molecular formula is C7H10N2O2. The zero-order valence-electron chi connectivity index (χ0n) is 6.55. The van der Waals surface area contributed by atoms with Crippen molar-refractivity contribution >= 4 is 11.8 Å². The first kappa shape index (κ1) is 9.50. The first-order valence-corrected chi connectivity index (χ1v) is 3.02. The third-order valence-electron chi connectivity index (χ3n) is 1.03. The largest absolute Gasteiger partial charge is 0.347 e. The Morgan fingerprint density at radius 3 is 2.45 bits per heavy atom. The number of nitrogens with one attached hydrogen (secondary N) is 1. The topological polar surface area (TPSA) is 49.4 Å². The standard InChI is InChI=1S/C7H10N2O2/c1-4-6(10)8-5-7(11)9(2)3/h1H,5H2,2-3H3,(H,8,10). The SMILES string of the molecule is C#CC(=O)NCC(=O)N(C)C. The normalized spacial score (nSPS) is 8.09. The molecule has 0 atom stereocenters. The van der Waals surface area contributed by atoms with Gasteiger partial charge in [-0.1, -0.05) is 0 Å². The van der Waals surface area contributed by atoms with Crippen molar-refractivity contribution in [3.63, 3.8) is 0 Å². The van der Waals surface area contributed by atoms with Crippen LogP contribution in [0.5, 0.6) is 0 Å². The van der Waals surface area contributed by atoms with E-state index in [0.717, 1.165) is 0 Å². The molecule has 0 fully saturated rings. The molecule has 0 saturated carbocycles. The maximum Gasteiger partial charge on any atom is 0.296 e. The number of likely N-dealkylation sites (N-methyl/N-ethyl adjacent to an activating group) is 1. The first-order valence-electron chi connectivity index (χ1n) is 3.02. The van der Waals surface area contributed by atoms with E-state index in [2.05, 4.69) is 5.32 Å². The Hall–Kier alpha value is -1.50. The van der Waals surface area contributed by atoms with Crippen LogP contribution >= 0.6 is 0 Å². The van der Waals surface area contributed by atoms with Crippen molar-refractivity contribution in [1.82, 2.24) is 10.2 Å². The van der Waals surface area contributed by atoms with E-state index in [1.807, 2.05) is 5.92 Å². The van der Waals surface area contributed by atoms with Crippen molar-refractivity contribution in [3.8, 4) is 12.3 Å². The van der Waals surface area contributed by atoms with Gasteiger partial charge < -0.3 is 10.2 Å². The van der Waals surface area contributed by atoms with E-state index in [9.17, 15) is 9.59 Å². The lowest BCUT2D eigenvalue weighted by atomic mass is 10.5. The number of amides is 2. The Bertz CT molecular complexity index is 203. The van der Waals surface area contributed by atoms with Crippen molar-refractivity contribution < 1.29 is 9.59 Å². The van der Waals surface area contributed by atoms with Crippen molar-refractivity contribution in [1.29, 1.82) is 0 Å². The predicted molar refractivity (Wildman–Crippen MR) is 40.5 cm³/mol. The highest BCUT2D eigenvalue weighted by Crippen LogP contribution is 1.74. The van der Waals surface area contributed by atoms with Gasteiger partial charge >= 0.3 is 0 Å². The summed E-state index contributed by atoms with van der Waals surface area (Å²) in [5.74, 6) is 1.08. The van der Waals surface area contributed by atoms with E-state index in [4.69, 9.17) is 6.42 Å². The van der Waals surface area contributed by atoms with Gasteiger partial charge in [0, 0.05) is 14.1 Å². The Morgan fingerprint density at radius 1 is 1.55 bits per heavy atom. The Labute approximate surface area is 65.6 Å². The van der Waals surface area contributed by atoms with Crippen LogP contribution in [0.25, 0.3) is 0 Å². The number of carbonyl (C=O) groups is 2. The molecule has 0 aliphatic rings. The molecule has 4 heteroatoms. The fourth-order valence-electron chi connectivity index (χ4n) is 0.365. The second-order valence-corrected chi connectivity index (χ2v) is 2.12. The predicted octanol–water partition coefficient (Wildman–Crippen LogP) is -1.18. The zero-order valence-corrected chi connectivity index (χ0v) is 6.55. The van der Waals surface area contributed by atoms with Crippen LogP contribution in [-0.2, 0) is 9.59 Å². The second kappa shape index (κ2) is 4.34. The van der Waals surface area contributed by atoms with Gasteiger partial charge in [-0.15, -0.1) is 6.42 Å². The van der Waals surface area contributed by atoms with Crippen LogP contribution in [0, 0.1) is 12.3 Å². The van der Waals surface area contributed by atoms with E-state index < -0.39 is 5.91 Å². The lowest BCUT2D eigenvalue weighted by Gasteiger charge is -2.08. The summed E-state index contributed by atoms with van der Waals surface area (Å²) in [5, 5.41) is 2.25. The van der Waals surface area contributed by atoms with Gasteiger partial charge in [-0.05, 0) is 5.92 Å². The summed E-state index contributed by atoms with van der Waals surface area (Å²) in [4.78, 5) is 22.6. The van der Waals surface area contributed by atoms with Gasteiger partial charge in [0.15, 0.2) is 0 Å². The summed E-state index contributed by atoms with van der Waals surface area (Å²) in [5.41, 5.74) is 0. The third kappa shape index (κ3) is 3.98. The molecule has 0 aromatic rings. The molecule has 0 unspecified atom stereocenters. The quantitative estimate of drug-likeness (QED) is 0.509. The van der Waals surface area contributed by atoms with Crippen LogP contribution in [0.15, 0.2) is 0 Å². The summed E-state index contributed by atoms with van der Waals surface area (Å²) in [6.07, 6.45) is 4.75. The van der Waals surface area contributed by atoms with E-state index in [0.29, 0.717) is 0 Å². The summed E-state index contributed by atoms with van der Waals surface area (Å²) < 4.78 is 0. The molecule has 1 N–H and O–H groups in total. The van der Waals surface area contributed by atoms with Gasteiger partial charge in [0.1, 0.15) is 0 Å². The molecule has 0 radical (unpaired) electrons. The van der Waals surface area contributed by atoms with Gasteiger partial charge in [-0.25, -0.2) is 0 Å². The van der Waals surface area contributed by atoms with Crippen molar-refractivity contribution in [2.45, 2.75) is 0 Å². The summed E-state index contributed by atoms with van der Waals surface area (Å²) in [7, 11) is 3.20. The minimum Gasteiger partial charge on any atom is -0.347 e. The monoisotopic (exact) mass is 154 g/mol. The lowest BCUT2D eigenvalue weighted by Crippen LogP contribution is -2.35. The van der Waals surface area contributed by atoms with E-state index >= 15 is 0 Å². The van der Waals surface area contributed by atoms with Gasteiger partial charge in [0.25, 0.3) is 5.91 Å². The maximum atomic E-state index is 10.8. The van der Waals surface area contributed by atoms with Crippen molar-refractivity contribution in [2.75, 3.05) is 20.6 Å². The maximum absolute atomic E-state index is 10.8. The molecule has 11 heavy (non-hydrogen) atoms. The highest BCUT2D eigenvalue weighted by molar-refractivity contribution is 5.95. The minimum atomic E-state index is -0.569. The fraction of sp³-hybridized carbons (Fsp3) is 0.429. The van der Waals surface area contributed by atoms with Crippen LogP contribution in [0.1, 0.15) is 0 Å². The number of carbonyl (C=O) groups excluding carboxylic acids is 2.